The first kappa shape index (κ1) is 19.6. The maximum Gasteiger partial charge on any atom is 0.262 e. The summed E-state index contributed by atoms with van der Waals surface area (Å²) in [6.07, 6.45) is 3.21. The van der Waals surface area contributed by atoms with E-state index in [9.17, 15) is 9.59 Å². The zero-order valence-electron chi connectivity index (χ0n) is 17.0. The topological polar surface area (TPSA) is 65.2 Å². The molecule has 0 unspecified atom stereocenters. The summed E-state index contributed by atoms with van der Waals surface area (Å²) in [4.78, 5) is 32.1. The predicted octanol–water partition coefficient (Wildman–Crippen LogP) is 4.16. The number of carbonyl (C=O) groups excluding carboxylic acids is 2. The largest absolute Gasteiger partial charge is 0.361 e. The average molecular weight is 430 g/mol. The molecule has 2 aromatic heterocycles. The highest BCUT2D eigenvalue weighted by atomic mass is 32.1. The molecule has 0 saturated heterocycles. The molecule has 0 fully saturated rings. The Kier molecular flexibility index (Phi) is 5.30. The highest BCUT2D eigenvalue weighted by Gasteiger charge is 2.29. The van der Waals surface area contributed by atoms with Gasteiger partial charge in [0.05, 0.1) is 4.88 Å². The number of H-pyrrole nitrogens is 1. The third kappa shape index (κ3) is 3.99. The molecule has 0 bridgehead atoms. The van der Waals surface area contributed by atoms with Crippen molar-refractivity contribution in [1.29, 1.82) is 0 Å². The van der Waals surface area contributed by atoms with Crippen LogP contribution in [0.5, 0.6) is 0 Å². The van der Waals surface area contributed by atoms with Gasteiger partial charge in [0, 0.05) is 36.6 Å². The van der Waals surface area contributed by atoms with Gasteiger partial charge in [-0.1, -0.05) is 48.5 Å². The van der Waals surface area contributed by atoms with Crippen LogP contribution < -0.4 is 5.32 Å². The van der Waals surface area contributed by atoms with Crippen LogP contribution in [-0.4, -0.2) is 34.3 Å². The van der Waals surface area contributed by atoms with Crippen molar-refractivity contribution in [2.45, 2.75) is 25.4 Å². The third-order valence-electron chi connectivity index (χ3n) is 5.89. The van der Waals surface area contributed by atoms with Crippen molar-refractivity contribution in [1.82, 2.24) is 15.2 Å². The lowest BCUT2D eigenvalue weighted by Gasteiger charge is -2.32. The van der Waals surface area contributed by atoms with E-state index in [-0.39, 0.29) is 11.8 Å². The number of benzene rings is 2. The first-order chi connectivity index (χ1) is 15.2. The Morgan fingerprint density at radius 3 is 2.68 bits per heavy atom. The summed E-state index contributed by atoms with van der Waals surface area (Å²) in [6, 6.07) is 19.3. The fourth-order valence-corrected chi connectivity index (χ4v) is 4.89. The average Bonchev–Trinajstić information content (AvgIpc) is 3.48. The smallest absolute Gasteiger partial charge is 0.262 e. The van der Waals surface area contributed by atoms with Gasteiger partial charge in [0.1, 0.15) is 6.04 Å². The number of rotatable bonds is 5. The number of carbonyl (C=O) groups is 2. The number of nitrogens with one attached hydrogen (secondary N) is 2. The summed E-state index contributed by atoms with van der Waals surface area (Å²) in [5.41, 5.74) is 4.53. The van der Waals surface area contributed by atoms with Crippen LogP contribution >= 0.6 is 11.3 Å². The van der Waals surface area contributed by atoms with Crippen LogP contribution in [0.1, 0.15) is 26.4 Å². The summed E-state index contributed by atoms with van der Waals surface area (Å²) < 4.78 is 0. The predicted molar refractivity (Wildman–Crippen MR) is 123 cm³/mol. The van der Waals surface area contributed by atoms with E-state index in [0.29, 0.717) is 24.4 Å². The Labute approximate surface area is 184 Å². The number of aromatic nitrogens is 1. The van der Waals surface area contributed by atoms with Crippen molar-refractivity contribution in [3.05, 3.63) is 93.8 Å². The maximum absolute atomic E-state index is 13.6. The quantitative estimate of drug-likeness (QED) is 0.500. The van der Waals surface area contributed by atoms with Crippen LogP contribution in [0.3, 0.4) is 0 Å². The minimum absolute atomic E-state index is 0.0373. The molecule has 0 radical (unpaired) electrons. The Morgan fingerprint density at radius 1 is 1.03 bits per heavy atom. The van der Waals surface area contributed by atoms with E-state index in [4.69, 9.17) is 0 Å². The Bertz CT molecular complexity index is 1230. The van der Waals surface area contributed by atoms with Crippen molar-refractivity contribution in [2.24, 2.45) is 0 Å². The second-order valence-corrected chi connectivity index (χ2v) is 8.79. The van der Waals surface area contributed by atoms with E-state index in [1.165, 1.54) is 22.5 Å². The summed E-state index contributed by atoms with van der Waals surface area (Å²) in [5, 5.41) is 5.96. The SMILES string of the molecule is O=C(N[C@H](Cc1c[nH]c2ccccc12)C(=O)N1CCc2ccccc2C1)c1cccs1. The molecule has 5 rings (SSSR count). The fraction of sp³-hybridized carbons (Fsp3) is 0.200. The number of para-hydroxylation sites is 1. The molecule has 156 valence electrons. The molecule has 5 nitrogen and oxygen atoms in total. The van der Waals surface area contributed by atoms with E-state index < -0.39 is 6.04 Å². The molecule has 1 aliphatic heterocycles. The fourth-order valence-electron chi connectivity index (χ4n) is 4.26. The van der Waals surface area contributed by atoms with E-state index in [1.54, 1.807) is 6.07 Å². The lowest BCUT2D eigenvalue weighted by Crippen LogP contribution is -2.50. The van der Waals surface area contributed by atoms with Gasteiger partial charge in [-0.15, -0.1) is 11.3 Å². The van der Waals surface area contributed by atoms with Crippen LogP contribution in [0.2, 0.25) is 0 Å². The van der Waals surface area contributed by atoms with Crippen molar-refractivity contribution >= 4 is 34.1 Å². The monoisotopic (exact) mass is 429 g/mol. The maximum atomic E-state index is 13.6. The molecule has 1 aliphatic rings. The third-order valence-corrected chi connectivity index (χ3v) is 6.76. The van der Waals surface area contributed by atoms with Crippen LogP contribution in [0.4, 0.5) is 0 Å². The molecule has 2 aromatic carbocycles. The standard InChI is InChI=1S/C25H23N3O2S/c29-24(23-10-5-13-31-23)27-22(14-19-15-26-21-9-4-3-8-20(19)21)25(30)28-12-11-17-6-1-2-7-18(17)16-28/h1-10,13,15,22,26H,11-12,14,16H2,(H,27,29)/t22-/m1/s1. The normalized spacial score (nSPS) is 14.3. The van der Waals surface area contributed by atoms with Crippen molar-refractivity contribution in [2.75, 3.05) is 6.54 Å². The zero-order chi connectivity index (χ0) is 21.2. The zero-order valence-corrected chi connectivity index (χ0v) is 17.8. The van der Waals surface area contributed by atoms with Crippen molar-refractivity contribution < 1.29 is 9.59 Å². The molecule has 0 saturated carbocycles. The molecule has 0 spiro atoms. The van der Waals surface area contributed by atoms with Gasteiger partial charge in [0.15, 0.2) is 0 Å². The van der Waals surface area contributed by atoms with Crippen molar-refractivity contribution in [3.63, 3.8) is 0 Å². The molecule has 4 aromatic rings. The van der Waals surface area contributed by atoms with Gasteiger partial charge in [-0.2, -0.15) is 0 Å². The molecule has 6 heteroatoms. The Hall–Kier alpha value is -3.38. The Morgan fingerprint density at radius 2 is 1.84 bits per heavy atom. The van der Waals surface area contributed by atoms with Gasteiger partial charge in [-0.3, -0.25) is 9.59 Å². The Balaban J connectivity index is 1.42. The molecule has 2 N–H and O–H groups in total. The van der Waals surface area contributed by atoms with Gasteiger partial charge in [-0.25, -0.2) is 0 Å². The lowest BCUT2D eigenvalue weighted by molar-refractivity contribution is -0.134. The summed E-state index contributed by atoms with van der Waals surface area (Å²) in [6.45, 7) is 1.24. The van der Waals surface area contributed by atoms with Gasteiger partial charge >= 0.3 is 0 Å². The number of hydrogen-bond acceptors (Lipinski definition) is 3. The van der Waals surface area contributed by atoms with Crippen molar-refractivity contribution in [3.8, 4) is 0 Å². The highest BCUT2D eigenvalue weighted by molar-refractivity contribution is 7.12. The molecular formula is C25H23N3O2S. The second kappa shape index (κ2) is 8.40. The molecule has 3 heterocycles. The number of aromatic amines is 1. The number of nitrogens with zero attached hydrogens (tertiary/aromatic N) is 1. The number of amides is 2. The van der Waals surface area contributed by atoms with E-state index in [2.05, 4.69) is 22.4 Å². The first-order valence-electron chi connectivity index (χ1n) is 10.4. The number of thiophene rings is 1. The van der Waals surface area contributed by atoms with Crippen LogP contribution in [0.15, 0.2) is 72.2 Å². The molecule has 2 amide bonds. The summed E-state index contributed by atoms with van der Waals surface area (Å²) >= 11 is 1.38. The van der Waals surface area contributed by atoms with Crippen LogP contribution in [-0.2, 0) is 24.2 Å². The highest BCUT2D eigenvalue weighted by Crippen LogP contribution is 2.23. The van der Waals surface area contributed by atoms with E-state index in [1.807, 2.05) is 58.9 Å². The molecule has 0 aliphatic carbocycles. The van der Waals surface area contributed by atoms with E-state index in [0.717, 1.165) is 22.9 Å². The minimum Gasteiger partial charge on any atom is -0.361 e. The van der Waals surface area contributed by atoms with Gasteiger partial charge < -0.3 is 15.2 Å². The molecule has 1 atom stereocenters. The summed E-state index contributed by atoms with van der Waals surface area (Å²) in [7, 11) is 0. The second-order valence-electron chi connectivity index (χ2n) is 7.85. The molecular weight excluding hydrogens is 406 g/mol. The first-order valence-corrected chi connectivity index (χ1v) is 11.3. The van der Waals surface area contributed by atoms with Gasteiger partial charge in [0.25, 0.3) is 5.91 Å². The summed E-state index contributed by atoms with van der Waals surface area (Å²) in [5.74, 6) is -0.240. The van der Waals surface area contributed by atoms with Crippen LogP contribution in [0.25, 0.3) is 10.9 Å². The molecule has 31 heavy (non-hydrogen) atoms. The lowest BCUT2D eigenvalue weighted by atomic mass is 9.98. The van der Waals surface area contributed by atoms with E-state index >= 15 is 0 Å². The number of fused-ring (bicyclic) bond motifs is 2. The van der Waals surface area contributed by atoms with Gasteiger partial charge in [0.2, 0.25) is 5.91 Å². The minimum atomic E-state index is -0.626. The van der Waals surface area contributed by atoms with Gasteiger partial charge in [-0.05, 0) is 40.6 Å². The van der Waals surface area contributed by atoms with Crippen LogP contribution in [0, 0.1) is 0 Å². The number of hydrogen-bond donors (Lipinski definition) is 2.